The lowest BCUT2D eigenvalue weighted by Crippen LogP contribution is -2.41. The van der Waals surface area contributed by atoms with Gasteiger partial charge in [-0.05, 0) is 0 Å². The van der Waals surface area contributed by atoms with Gasteiger partial charge in [0.1, 0.15) is 0 Å². The van der Waals surface area contributed by atoms with Crippen LogP contribution in [-0.4, -0.2) is 89.6 Å². The fourth-order valence-corrected chi connectivity index (χ4v) is 1.90. The Bertz CT molecular complexity index is 353. The van der Waals surface area contributed by atoms with Crippen molar-refractivity contribution < 1.29 is 28.5 Å². The molecule has 0 aromatic rings. The first-order valence-corrected chi connectivity index (χ1v) is 7.68. The van der Waals surface area contributed by atoms with E-state index >= 15 is 0 Å². The van der Waals surface area contributed by atoms with Gasteiger partial charge in [-0.15, -0.1) is 0 Å². The maximum Gasteiger partial charge on any atom is 0.311 e. The number of carbonyl (C=O) groups excluding carboxylic acids is 1. The molecule has 0 saturated heterocycles. The van der Waals surface area contributed by atoms with E-state index in [-0.39, 0.29) is 12.4 Å². The second-order valence-corrected chi connectivity index (χ2v) is 4.98. The fourth-order valence-electron chi connectivity index (χ4n) is 1.90. The van der Waals surface area contributed by atoms with Crippen molar-refractivity contribution in [2.45, 2.75) is 12.8 Å². The number of hydrogen-bond donors (Lipinski definition) is 0. The van der Waals surface area contributed by atoms with Gasteiger partial charge in [0.15, 0.2) is 0 Å². The zero-order valence-corrected chi connectivity index (χ0v) is 14.2. The zero-order chi connectivity index (χ0) is 16.9. The van der Waals surface area contributed by atoms with Gasteiger partial charge in [0, 0.05) is 40.2 Å². The van der Waals surface area contributed by atoms with E-state index in [2.05, 4.69) is 0 Å². The lowest BCUT2D eigenvalue weighted by Gasteiger charge is -2.29. The molecule has 23 heavy (non-hydrogen) atoms. The summed E-state index contributed by atoms with van der Waals surface area (Å²) >= 11 is 0. The van der Waals surface area contributed by atoms with Crippen molar-refractivity contribution >= 4 is 5.97 Å². The van der Waals surface area contributed by atoms with Crippen LogP contribution in [0.1, 0.15) is 6.42 Å². The number of hydrogen-bond acceptors (Lipinski definition) is 8. The molecule has 1 atom stereocenters. The van der Waals surface area contributed by atoms with Crippen LogP contribution in [0.2, 0.25) is 0 Å². The molecule has 0 radical (unpaired) electrons. The van der Waals surface area contributed by atoms with Crippen LogP contribution < -0.4 is 0 Å². The molecule has 8 heteroatoms. The molecule has 1 unspecified atom stereocenters. The van der Waals surface area contributed by atoms with Crippen LogP contribution in [0, 0.1) is 0 Å². The van der Waals surface area contributed by atoms with Gasteiger partial charge in [0.25, 0.3) is 6.35 Å². The van der Waals surface area contributed by atoms with Gasteiger partial charge < -0.3 is 33.5 Å². The molecule has 0 fully saturated rings. The third-order valence-corrected chi connectivity index (χ3v) is 3.17. The minimum atomic E-state index is -0.421. The Labute approximate surface area is 137 Å². The van der Waals surface area contributed by atoms with Crippen molar-refractivity contribution in [3.8, 4) is 0 Å². The Morgan fingerprint density at radius 3 is 2.30 bits per heavy atom. The second kappa shape index (κ2) is 12.1. The van der Waals surface area contributed by atoms with E-state index in [4.69, 9.17) is 23.7 Å². The minimum absolute atomic E-state index is 0.209. The highest BCUT2D eigenvalue weighted by molar-refractivity contribution is 5.69. The molecule has 0 saturated carbocycles. The molecule has 1 aliphatic rings. The van der Waals surface area contributed by atoms with Crippen molar-refractivity contribution in [3.63, 3.8) is 0 Å². The first kappa shape index (κ1) is 19.7. The Morgan fingerprint density at radius 2 is 1.61 bits per heavy atom. The van der Waals surface area contributed by atoms with E-state index in [1.165, 1.54) is 0 Å². The number of esters is 1. The molecule has 0 aliphatic carbocycles. The molecule has 1 rings (SSSR count). The Kier molecular flexibility index (Phi) is 10.4. The fraction of sp³-hybridized carbons (Fsp3) is 0.800. The highest BCUT2D eigenvalue weighted by Gasteiger charge is 2.26. The van der Waals surface area contributed by atoms with Gasteiger partial charge in [-0.1, -0.05) is 0 Å². The average Bonchev–Trinajstić information content (AvgIpc) is 2.88. The quantitative estimate of drug-likeness (QED) is 0.351. The minimum Gasteiger partial charge on any atom is -0.422 e. The molecular weight excluding hydrogens is 304 g/mol. The topological polar surface area (TPSA) is 69.7 Å². The van der Waals surface area contributed by atoms with Crippen LogP contribution in [-0.2, 0) is 28.5 Å². The first-order chi connectivity index (χ1) is 11.2. The first-order valence-electron chi connectivity index (χ1n) is 7.68. The van der Waals surface area contributed by atoms with Gasteiger partial charge in [0.2, 0.25) is 0 Å². The zero-order valence-electron chi connectivity index (χ0n) is 14.2. The van der Waals surface area contributed by atoms with Gasteiger partial charge in [-0.25, -0.2) is 0 Å². The van der Waals surface area contributed by atoms with E-state index in [1.54, 1.807) is 14.2 Å². The predicted molar refractivity (Wildman–Crippen MR) is 83.5 cm³/mol. The molecule has 0 N–H and O–H groups in total. The molecular formula is C15H28N2O6. The van der Waals surface area contributed by atoms with Gasteiger partial charge >= 0.3 is 5.97 Å². The molecule has 0 amide bonds. The number of ether oxygens (including phenoxy) is 5. The van der Waals surface area contributed by atoms with Crippen molar-refractivity contribution in [3.05, 3.63) is 12.4 Å². The molecule has 0 aromatic carbocycles. The van der Waals surface area contributed by atoms with Crippen molar-refractivity contribution in [1.82, 2.24) is 9.80 Å². The van der Waals surface area contributed by atoms with Crippen molar-refractivity contribution in [2.75, 3.05) is 67.5 Å². The normalized spacial score (nSPS) is 17.1. The summed E-state index contributed by atoms with van der Waals surface area (Å²) in [5, 5.41) is 0. The number of carbonyl (C=O) groups is 1. The summed E-state index contributed by atoms with van der Waals surface area (Å²) in [6.45, 7) is 3.58. The summed E-state index contributed by atoms with van der Waals surface area (Å²) in [6, 6.07) is 0. The highest BCUT2D eigenvalue weighted by atomic mass is 16.6. The van der Waals surface area contributed by atoms with Crippen LogP contribution in [0.5, 0.6) is 0 Å². The number of nitrogens with zero attached hydrogens (tertiary/aromatic N) is 2. The Balaban J connectivity index is 2.10. The SMILES string of the molecule is COCCOCCOCCC(=O)OC1N(C)C=CN1CCOC. The standard InChI is InChI=1S/C15H28N2O6/c1-16-5-6-17(7-9-19-2)15(16)23-14(18)4-8-21-12-13-22-11-10-20-3/h5-6,15H,4,7-13H2,1-3H3. The van der Waals surface area contributed by atoms with Crippen molar-refractivity contribution in [1.29, 1.82) is 0 Å². The monoisotopic (exact) mass is 332 g/mol. The molecule has 1 heterocycles. The molecule has 1 aliphatic heterocycles. The summed E-state index contributed by atoms with van der Waals surface area (Å²) in [6.07, 6.45) is 3.53. The third kappa shape index (κ3) is 8.17. The van der Waals surface area contributed by atoms with Crippen LogP contribution in [0.3, 0.4) is 0 Å². The van der Waals surface area contributed by atoms with Gasteiger partial charge in [-0.3, -0.25) is 4.79 Å². The summed E-state index contributed by atoms with van der Waals surface area (Å²) in [5.74, 6) is -0.298. The summed E-state index contributed by atoms with van der Waals surface area (Å²) in [4.78, 5) is 15.6. The maximum absolute atomic E-state index is 11.9. The van der Waals surface area contributed by atoms with E-state index in [1.807, 2.05) is 29.2 Å². The molecule has 0 spiro atoms. The van der Waals surface area contributed by atoms with E-state index < -0.39 is 6.35 Å². The van der Waals surface area contributed by atoms with Crippen molar-refractivity contribution in [2.24, 2.45) is 0 Å². The summed E-state index contributed by atoms with van der Waals surface area (Å²) in [5.41, 5.74) is 0. The van der Waals surface area contributed by atoms with Crippen LogP contribution >= 0.6 is 0 Å². The van der Waals surface area contributed by atoms with Crippen LogP contribution in [0.4, 0.5) is 0 Å². The molecule has 0 bridgehead atoms. The van der Waals surface area contributed by atoms with Gasteiger partial charge in [0.05, 0.1) is 46.1 Å². The van der Waals surface area contributed by atoms with Gasteiger partial charge in [-0.2, -0.15) is 0 Å². The molecule has 0 aromatic heterocycles. The smallest absolute Gasteiger partial charge is 0.311 e. The number of methoxy groups -OCH3 is 2. The Morgan fingerprint density at radius 1 is 0.957 bits per heavy atom. The third-order valence-electron chi connectivity index (χ3n) is 3.17. The van der Waals surface area contributed by atoms with E-state index in [0.29, 0.717) is 46.2 Å². The van der Waals surface area contributed by atoms with Crippen LogP contribution in [0.25, 0.3) is 0 Å². The van der Waals surface area contributed by atoms with E-state index in [0.717, 1.165) is 0 Å². The Hall–Kier alpha value is -1.35. The van der Waals surface area contributed by atoms with E-state index in [9.17, 15) is 4.79 Å². The largest absolute Gasteiger partial charge is 0.422 e. The number of rotatable bonds is 13. The average molecular weight is 332 g/mol. The molecule has 8 nitrogen and oxygen atoms in total. The lowest BCUT2D eigenvalue weighted by molar-refractivity contribution is -0.168. The molecule has 134 valence electrons. The van der Waals surface area contributed by atoms with Crippen LogP contribution in [0.15, 0.2) is 12.4 Å². The highest BCUT2D eigenvalue weighted by Crippen LogP contribution is 2.15. The summed E-state index contributed by atoms with van der Waals surface area (Å²) in [7, 11) is 5.12. The maximum atomic E-state index is 11.9. The summed E-state index contributed by atoms with van der Waals surface area (Å²) < 4.78 is 26.0. The predicted octanol–water partition coefficient (Wildman–Crippen LogP) is 0.248. The second-order valence-electron chi connectivity index (χ2n) is 4.98. The lowest BCUT2D eigenvalue weighted by atomic mass is 10.4.